The summed E-state index contributed by atoms with van der Waals surface area (Å²) >= 11 is 3.33. The fraction of sp³-hybridized carbons (Fsp3) is 0.217. The average molecular weight is 543 g/mol. The number of benzene rings is 2. The van der Waals surface area contributed by atoms with Crippen molar-refractivity contribution >= 4 is 39.3 Å². The maximum Gasteiger partial charge on any atom is 0.329 e. The summed E-state index contributed by atoms with van der Waals surface area (Å²) in [5, 5.41) is 24.8. The number of ether oxygens (including phenoxy) is 1. The molecule has 4 rings (SSSR count). The van der Waals surface area contributed by atoms with E-state index in [1.165, 1.54) is 28.5 Å². The van der Waals surface area contributed by atoms with Crippen molar-refractivity contribution in [3.05, 3.63) is 78.9 Å². The molecule has 4 aromatic rings. The highest BCUT2D eigenvalue weighted by Gasteiger charge is 2.20. The van der Waals surface area contributed by atoms with Gasteiger partial charge in [0.2, 0.25) is 5.95 Å². The molecule has 182 valence electrons. The van der Waals surface area contributed by atoms with Crippen molar-refractivity contribution in [2.45, 2.75) is 19.6 Å². The highest BCUT2D eigenvalue weighted by Crippen LogP contribution is 2.21. The van der Waals surface area contributed by atoms with Gasteiger partial charge in [-0.25, -0.2) is 10.2 Å². The topological polar surface area (TPSA) is 147 Å². The number of aliphatic hydroxyl groups is 1. The van der Waals surface area contributed by atoms with E-state index in [2.05, 4.69) is 36.4 Å². The molecule has 0 spiro atoms. The number of fused-ring (bicyclic) bond motifs is 1. The number of halogens is 1. The van der Waals surface area contributed by atoms with Crippen LogP contribution in [0.2, 0.25) is 0 Å². The van der Waals surface area contributed by atoms with Crippen LogP contribution in [0.25, 0.3) is 11.2 Å². The molecule has 0 fully saturated rings. The van der Waals surface area contributed by atoms with Gasteiger partial charge < -0.3 is 19.5 Å². The van der Waals surface area contributed by atoms with Crippen molar-refractivity contribution < 1.29 is 14.9 Å². The Labute approximate surface area is 207 Å². The Hall–Kier alpha value is -3.90. The smallest absolute Gasteiger partial charge is 0.329 e. The van der Waals surface area contributed by atoms with Crippen LogP contribution in [0.1, 0.15) is 11.1 Å². The Kier molecular flexibility index (Phi) is 7.03. The molecule has 0 amide bonds. The maximum absolute atomic E-state index is 12.6. The molecule has 4 N–H and O–H groups in total. The number of rotatable bonds is 8. The van der Waals surface area contributed by atoms with Gasteiger partial charge in [0.1, 0.15) is 24.2 Å². The number of aromatic amines is 1. The number of hydrogen-bond donors (Lipinski definition) is 4. The van der Waals surface area contributed by atoms with E-state index in [1.54, 1.807) is 18.2 Å². The Morgan fingerprint density at radius 3 is 2.83 bits per heavy atom. The second-order valence-electron chi connectivity index (χ2n) is 7.84. The van der Waals surface area contributed by atoms with Crippen LogP contribution in [0.4, 0.5) is 5.95 Å². The van der Waals surface area contributed by atoms with Crippen molar-refractivity contribution in [2.75, 3.05) is 12.0 Å². The second-order valence-corrected chi connectivity index (χ2v) is 8.76. The van der Waals surface area contributed by atoms with Crippen LogP contribution in [0, 0.1) is 6.92 Å². The minimum Gasteiger partial charge on any atom is -0.507 e. The third kappa shape index (κ3) is 5.28. The fourth-order valence-electron chi connectivity index (χ4n) is 3.45. The maximum atomic E-state index is 12.6. The molecule has 11 nitrogen and oxygen atoms in total. The minimum absolute atomic E-state index is 0.0230. The van der Waals surface area contributed by atoms with Crippen LogP contribution >= 0.6 is 15.9 Å². The van der Waals surface area contributed by atoms with Gasteiger partial charge in [-0.1, -0.05) is 34.1 Å². The number of H-pyrrole nitrogens is 1. The summed E-state index contributed by atoms with van der Waals surface area (Å²) in [6, 6.07) is 12.3. The Morgan fingerprint density at radius 2 is 2.06 bits per heavy atom. The Morgan fingerprint density at radius 1 is 1.29 bits per heavy atom. The monoisotopic (exact) mass is 542 g/mol. The number of nitrogens with one attached hydrogen (secondary N) is 2. The van der Waals surface area contributed by atoms with E-state index in [0.717, 1.165) is 10.0 Å². The summed E-state index contributed by atoms with van der Waals surface area (Å²) in [6.07, 6.45) is 0.368. The van der Waals surface area contributed by atoms with Crippen molar-refractivity contribution in [1.82, 2.24) is 19.1 Å². The zero-order valence-electron chi connectivity index (χ0n) is 18.9. The van der Waals surface area contributed by atoms with Crippen LogP contribution in [-0.2, 0) is 13.6 Å². The lowest BCUT2D eigenvalue weighted by Crippen LogP contribution is -2.30. The number of aryl methyl sites for hydroxylation is 2. The molecule has 0 bridgehead atoms. The number of hydrazone groups is 1. The molecule has 0 aliphatic carbocycles. The zero-order valence-corrected chi connectivity index (χ0v) is 20.5. The van der Waals surface area contributed by atoms with Crippen molar-refractivity contribution in [3.8, 4) is 11.5 Å². The Bertz CT molecular complexity index is 1520. The summed E-state index contributed by atoms with van der Waals surface area (Å²) in [5.74, 6) is 0.779. The first-order valence-corrected chi connectivity index (χ1v) is 11.4. The standard InChI is InChI=1S/C23H23BrN6O5/c1-13-5-3-4-6-18(13)35-12-16(31)11-30-19-20(29(2)23(34)27-21(19)33)26-22(30)28-25-10-14-9-15(24)7-8-17(14)32/h3-10,16,31-32H,11-12H2,1-2H3,(H,26,28)(H,27,33,34)/b25-10-/t16-/m1/s1. The summed E-state index contributed by atoms with van der Waals surface area (Å²) in [6.45, 7) is 1.79. The molecule has 2 aromatic heterocycles. The Balaban J connectivity index is 1.64. The largest absolute Gasteiger partial charge is 0.507 e. The molecule has 35 heavy (non-hydrogen) atoms. The van der Waals surface area contributed by atoms with Gasteiger partial charge in [-0.05, 0) is 36.8 Å². The number of aliphatic hydroxyl groups excluding tert-OH is 1. The van der Waals surface area contributed by atoms with Crippen LogP contribution < -0.4 is 21.4 Å². The molecule has 0 saturated carbocycles. The average Bonchev–Trinajstić information content (AvgIpc) is 3.18. The van der Waals surface area contributed by atoms with Gasteiger partial charge in [-0.3, -0.25) is 14.3 Å². The van der Waals surface area contributed by atoms with E-state index < -0.39 is 17.4 Å². The molecule has 0 saturated heterocycles. The van der Waals surface area contributed by atoms with Gasteiger partial charge in [0, 0.05) is 17.1 Å². The van der Waals surface area contributed by atoms with Gasteiger partial charge in [0.25, 0.3) is 5.56 Å². The van der Waals surface area contributed by atoms with E-state index in [-0.39, 0.29) is 36.0 Å². The van der Waals surface area contributed by atoms with Crippen molar-refractivity contribution in [1.29, 1.82) is 0 Å². The normalized spacial score (nSPS) is 12.3. The van der Waals surface area contributed by atoms with Crippen LogP contribution in [-0.4, -0.2) is 48.2 Å². The molecule has 12 heteroatoms. The number of phenols is 1. The third-order valence-corrected chi connectivity index (χ3v) is 5.78. The summed E-state index contributed by atoms with van der Waals surface area (Å²) in [5.41, 5.74) is 3.03. The van der Waals surface area contributed by atoms with Gasteiger partial charge >= 0.3 is 5.69 Å². The van der Waals surface area contributed by atoms with Gasteiger partial charge in [0.05, 0.1) is 12.8 Å². The molecular formula is C23H23BrN6O5. The van der Waals surface area contributed by atoms with E-state index >= 15 is 0 Å². The number of aromatic nitrogens is 4. The SMILES string of the molecule is Cc1ccccc1OC[C@H](O)Cn1c(N/N=C\c2cc(Br)ccc2O)nc2c1c(=O)[nH]c(=O)n2C. The summed E-state index contributed by atoms with van der Waals surface area (Å²) < 4.78 is 9.10. The molecule has 0 aliphatic heterocycles. The molecular weight excluding hydrogens is 520 g/mol. The van der Waals surface area contributed by atoms with Gasteiger partial charge in [-0.15, -0.1) is 0 Å². The number of phenolic OH excluding ortho intramolecular Hbond substituents is 1. The lowest BCUT2D eigenvalue weighted by Gasteiger charge is -2.16. The summed E-state index contributed by atoms with van der Waals surface area (Å²) in [4.78, 5) is 31.3. The molecule has 2 aromatic carbocycles. The van der Waals surface area contributed by atoms with E-state index in [9.17, 15) is 19.8 Å². The zero-order chi connectivity index (χ0) is 25.1. The highest BCUT2D eigenvalue weighted by atomic mass is 79.9. The van der Waals surface area contributed by atoms with Crippen molar-refractivity contribution in [3.63, 3.8) is 0 Å². The van der Waals surface area contributed by atoms with Crippen molar-refractivity contribution in [2.24, 2.45) is 12.1 Å². The van der Waals surface area contributed by atoms with E-state index in [0.29, 0.717) is 11.3 Å². The quantitative estimate of drug-likeness (QED) is 0.197. The number of nitrogens with zero attached hydrogens (tertiary/aromatic N) is 4. The highest BCUT2D eigenvalue weighted by molar-refractivity contribution is 9.10. The van der Waals surface area contributed by atoms with Crippen LogP contribution in [0.5, 0.6) is 11.5 Å². The van der Waals surface area contributed by atoms with Crippen LogP contribution in [0.15, 0.2) is 61.6 Å². The lowest BCUT2D eigenvalue weighted by atomic mass is 10.2. The number of hydrogen-bond acceptors (Lipinski definition) is 8. The molecule has 2 heterocycles. The summed E-state index contributed by atoms with van der Waals surface area (Å²) in [7, 11) is 1.47. The fourth-order valence-corrected chi connectivity index (χ4v) is 3.83. The third-order valence-electron chi connectivity index (χ3n) is 5.28. The first kappa shape index (κ1) is 24.2. The van der Waals surface area contributed by atoms with Gasteiger partial charge in [-0.2, -0.15) is 10.1 Å². The number of imidazole rings is 1. The lowest BCUT2D eigenvalue weighted by molar-refractivity contribution is 0.0935. The number of para-hydroxylation sites is 1. The van der Waals surface area contributed by atoms with Crippen LogP contribution in [0.3, 0.4) is 0 Å². The molecule has 1 atom stereocenters. The first-order valence-electron chi connectivity index (χ1n) is 10.6. The number of anilines is 1. The second kappa shape index (κ2) is 10.2. The van der Waals surface area contributed by atoms with E-state index in [4.69, 9.17) is 4.74 Å². The molecule has 0 unspecified atom stereocenters. The predicted octanol–water partition coefficient (Wildman–Crippen LogP) is 2.09. The first-order chi connectivity index (χ1) is 16.7. The predicted molar refractivity (Wildman–Crippen MR) is 135 cm³/mol. The molecule has 0 aliphatic rings. The minimum atomic E-state index is -1.01. The number of aromatic hydroxyl groups is 1. The van der Waals surface area contributed by atoms with E-state index in [1.807, 2.05) is 25.1 Å². The van der Waals surface area contributed by atoms with Gasteiger partial charge in [0.15, 0.2) is 11.2 Å². The molecule has 0 radical (unpaired) electrons.